The maximum atomic E-state index is 12.5. The van der Waals surface area contributed by atoms with E-state index in [2.05, 4.69) is 10.9 Å². The number of hydrogen-bond donors (Lipinski definition) is 2. The molecule has 0 saturated heterocycles. The Morgan fingerprint density at radius 1 is 1.00 bits per heavy atom. The van der Waals surface area contributed by atoms with Crippen LogP contribution in [0.15, 0.2) is 48.5 Å². The fraction of sp³-hybridized carbons (Fsp3) is 0.273. The molecule has 30 heavy (non-hydrogen) atoms. The number of amides is 4. The SMILES string of the molecule is CCc1ccc(OCC(=O)NNC(=O)CCN2C(=O)Cc3ccccc3C2=O)cc1. The number of hydrazine groups is 1. The molecule has 0 atom stereocenters. The summed E-state index contributed by atoms with van der Waals surface area (Å²) in [7, 11) is 0. The molecule has 0 bridgehead atoms. The molecule has 0 spiro atoms. The van der Waals surface area contributed by atoms with Crippen LogP contribution >= 0.6 is 0 Å². The third-order valence-electron chi connectivity index (χ3n) is 4.74. The van der Waals surface area contributed by atoms with Crippen molar-refractivity contribution < 1.29 is 23.9 Å². The second-order valence-electron chi connectivity index (χ2n) is 6.82. The number of carbonyl (C=O) groups excluding carboxylic acids is 4. The molecule has 0 radical (unpaired) electrons. The van der Waals surface area contributed by atoms with Crippen LogP contribution in [-0.4, -0.2) is 41.7 Å². The van der Waals surface area contributed by atoms with Crippen molar-refractivity contribution in [2.24, 2.45) is 0 Å². The van der Waals surface area contributed by atoms with Crippen molar-refractivity contribution in [2.75, 3.05) is 13.2 Å². The Morgan fingerprint density at radius 2 is 1.70 bits per heavy atom. The molecule has 2 aromatic rings. The summed E-state index contributed by atoms with van der Waals surface area (Å²) in [6.45, 7) is 1.72. The van der Waals surface area contributed by atoms with Crippen molar-refractivity contribution in [2.45, 2.75) is 26.2 Å². The molecule has 3 rings (SSSR count). The molecule has 1 aliphatic heterocycles. The molecular formula is C22H23N3O5. The van der Waals surface area contributed by atoms with Crippen molar-refractivity contribution in [3.8, 4) is 5.75 Å². The van der Waals surface area contributed by atoms with Gasteiger partial charge in [0, 0.05) is 18.5 Å². The highest BCUT2D eigenvalue weighted by atomic mass is 16.5. The Hall–Kier alpha value is -3.68. The number of imide groups is 1. The number of ether oxygens (including phenoxy) is 1. The van der Waals surface area contributed by atoms with Crippen LogP contribution in [0.4, 0.5) is 0 Å². The zero-order valence-electron chi connectivity index (χ0n) is 16.6. The summed E-state index contributed by atoms with van der Waals surface area (Å²) >= 11 is 0. The number of benzene rings is 2. The summed E-state index contributed by atoms with van der Waals surface area (Å²) in [5, 5.41) is 0. The minimum atomic E-state index is -0.526. The second kappa shape index (κ2) is 9.69. The van der Waals surface area contributed by atoms with Crippen LogP contribution in [0.5, 0.6) is 5.75 Å². The van der Waals surface area contributed by atoms with Crippen LogP contribution in [-0.2, 0) is 27.2 Å². The lowest BCUT2D eigenvalue weighted by Gasteiger charge is -2.26. The van der Waals surface area contributed by atoms with Crippen molar-refractivity contribution >= 4 is 23.6 Å². The lowest BCUT2D eigenvalue weighted by Crippen LogP contribution is -2.47. The molecule has 8 nitrogen and oxygen atoms in total. The highest BCUT2D eigenvalue weighted by Gasteiger charge is 2.30. The van der Waals surface area contributed by atoms with Crippen molar-refractivity contribution in [1.82, 2.24) is 15.8 Å². The number of rotatable bonds is 7. The van der Waals surface area contributed by atoms with E-state index in [0.29, 0.717) is 16.9 Å². The van der Waals surface area contributed by atoms with Crippen LogP contribution in [0.2, 0.25) is 0 Å². The van der Waals surface area contributed by atoms with Gasteiger partial charge in [0.1, 0.15) is 5.75 Å². The second-order valence-corrected chi connectivity index (χ2v) is 6.82. The summed E-state index contributed by atoms with van der Waals surface area (Å²) in [5.41, 5.74) is 6.82. The van der Waals surface area contributed by atoms with Gasteiger partial charge in [0.05, 0.1) is 6.42 Å². The van der Waals surface area contributed by atoms with Gasteiger partial charge in [-0.15, -0.1) is 0 Å². The molecule has 4 amide bonds. The highest BCUT2D eigenvalue weighted by molar-refractivity contribution is 6.09. The monoisotopic (exact) mass is 409 g/mol. The maximum absolute atomic E-state index is 12.5. The summed E-state index contributed by atoms with van der Waals surface area (Å²) in [6, 6.07) is 14.3. The molecule has 0 saturated carbocycles. The predicted molar refractivity (Wildman–Crippen MR) is 108 cm³/mol. The first-order valence-electron chi connectivity index (χ1n) is 9.70. The summed E-state index contributed by atoms with van der Waals surface area (Å²) in [6.07, 6.45) is 0.907. The molecule has 0 unspecified atom stereocenters. The van der Waals surface area contributed by atoms with E-state index in [0.717, 1.165) is 16.9 Å². The molecular weight excluding hydrogens is 386 g/mol. The quantitative estimate of drug-likeness (QED) is 0.531. The van der Waals surface area contributed by atoms with Crippen LogP contribution < -0.4 is 15.6 Å². The minimum absolute atomic E-state index is 0.0615. The van der Waals surface area contributed by atoms with Crippen molar-refractivity contribution in [1.29, 1.82) is 0 Å². The lowest BCUT2D eigenvalue weighted by atomic mass is 9.98. The predicted octanol–water partition coefficient (Wildman–Crippen LogP) is 1.39. The average molecular weight is 409 g/mol. The number of nitrogens with zero attached hydrogens (tertiary/aromatic N) is 1. The van der Waals surface area contributed by atoms with E-state index in [1.807, 2.05) is 19.1 Å². The summed E-state index contributed by atoms with van der Waals surface area (Å²) in [5.74, 6) is -1.26. The number of nitrogens with one attached hydrogen (secondary N) is 2. The summed E-state index contributed by atoms with van der Waals surface area (Å²) < 4.78 is 5.36. The van der Waals surface area contributed by atoms with E-state index in [9.17, 15) is 19.2 Å². The number of carbonyl (C=O) groups is 4. The molecule has 1 heterocycles. The molecule has 0 aromatic heterocycles. The first-order chi connectivity index (χ1) is 14.5. The Morgan fingerprint density at radius 3 is 2.43 bits per heavy atom. The van der Waals surface area contributed by atoms with Gasteiger partial charge in [-0.2, -0.15) is 0 Å². The average Bonchev–Trinajstić information content (AvgIpc) is 2.76. The highest BCUT2D eigenvalue weighted by Crippen LogP contribution is 2.19. The van der Waals surface area contributed by atoms with E-state index in [1.54, 1.807) is 36.4 Å². The first kappa shape index (κ1) is 21.0. The summed E-state index contributed by atoms with van der Waals surface area (Å²) in [4.78, 5) is 49.5. The van der Waals surface area contributed by atoms with Gasteiger partial charge in [0.15, 0.2) is 6.61 Å². The van der Waals surface area contributed by atoms with Crippen LogP contribution in [0.1, 0.15) is 34.8 Å². The van der Waals surface area contributed by atoms with Crippen molar-refractivity contribution in [3.63, 3.8) is 0 Å². The van der Waals surface area contributed by atoms with Gasteiger partial charge in [0.25, 0.3) is 11.8 Å². The topological polar surface area (TPSA) is 105 Å². The maximum Gasteiger partial charge on any atom is 0.276 e. The van der Waals surface area contributed by atoms with E-state index in [-0.39, 0.29) is 31.9 Å². The van der Waals surface area contributed by atoms with E-state index < -0.39 is 17.7 Å². The first-order valence-corrected chi connectivity index (χ1v) is 9.70. The molecule has 8 heteroatoms. The van der Waals surface area contributed by atoms with Crippen molar-refractivity contribution in [3.05, 3.63) is 65.2 Å². The molecule has 156 valence electrons. The van der Waals surface area contributed by atoms with Gasteiger partial charge in [-0.1, -0.05) is 37.3 Å². The molecule has 2 N–H and O–H groups in total. The number of aryl methyl sites for hydroxylation is 1. The van der Waals surface area contributed by atoms with Gasteiger partial charge in [-0.25, -0.2) is 0 Å². The van der Waals surface area contributed by atoms with Crippen LogP contribution in [0.25, 0.3) is 0 Å². The Labute approximate surface area is 174 Å². The van der Waals surface area contributed by atoms with Crippen LogP contribution in [0, 0.1) is 0 Å². The third-order valence-corrected chi connectivity index (χ3v) is 4.74. The van der Waals surface area contributed by atoms with Gasteiger partial charge in [0.2, 0.25) is 11.8 Å². The molecule has 1 aliphatic rings. The molecule has 0 aliphatic carbocycles. The van der Waals surface area contributed by atoms with Crippen LogP contribution in [0.3, 0.4) is 0 Å². The standard InChI is InChI=1S/C22H23N3O5/c1-2-15-7-9-17(10-8-15)30-14-20(27)24-23-19(26)11-12-25-21(28)13-16-5-3-4-6-18(16)22(25)29/h3-10H,2,11-14H2,1H3,(H,23,26)(H,24,27). The minimum Gasteiger partial charge on any atom is -0.484 e. The normalized spacial score (nSPS) is 12.9. The van der Waals surface area contributed by atoms with E-state index >= 15 is 0 Å². The Balaban J connectivity index is 1.40. The molecule has 0 fully saturated rings. The lowest BCUT2D eigenvalue weighted by molar-refractivity contribution is -0.131. The number of fused-ring (bicyclic) bond motifs is 1. The molecule has 2 aromatic carbocycles. The Bertz CT molecular complexity index is 956. The van der Waals surface area contributed by atoms with Gasteiger partial charge >= 0.3 is 0 Å². The largest absolute Gasteiger partial charge is 0.484 e. The Kier molecular flexibility index (Phi) is 6.79. The van der Waals surface area contributed by atoms with E-state index in [1.165, 1.54) is 0 Å². The number of hydrogen-bond acceptors (Lipinski definition) is 5. The zero-order valence-corrected chi connectivity index (χ0v) is 16.6. The fourth-order valence-electron chi connectivity index (χ4n) is 3.05. The van der Waals surface area contributed by atoms with Gasteiger partial charge < -0.3 is 4.74 Å². The smallest absolute Gasteiger partial charge is 0.276 e. The fourth-order valence-corrected chi connectivity index (χ4v) is 3.05. The third kappa shape index (κ3) is 5.22. The van der Waals surface area contributed by atoms with Gasteiger partial charge in [-0.3, -0.25) is 34.9 Å². The van der Waals surface area contributed by atoms with Gasteiger partial charge in [-0.05, 0) is 35.7 Å². The zero-order chi connectivity index (χ0) is 21.5. The van der Waals surface area contributed by atoms with E-state index in [4.69, 9.17) is 4.74 Å².